The van der Waals surface area contributed by atoms with Gasteiger partial charge in [-0.2, -0.15) is 0 Å². The van der Waals surface area contributed by atoms with E-state index < -0.39 is 0 Å². The maximum atomic E-state index is 5.64. The van der Waals surface area contributed by atoms with Crippen molar-refractivity contribution in [3.05, 3.63) is 22.8 Å². The lowest BCUT2D eigenvalue weighted by Crippen LogP contribution is -2.34. The molecular formula is C18H24BrN3O2. The molecule has 24 heavy (non-hydrogen) atoms. The summed E-state index contributed by atoms with van der Waals surface area (Å²) < 4.78 is 14.0. The molecule has 1 saturated heterocycles. The zero-order chi connectivity index (χ0) is 16.5. The zero-order valence-electron chi connectivity index (χ0n) is 14.1. The van der Waals surface area contributed by atoms with Crippen molar-refractivity contribution < 1.29 is 9.47 Å². The van der Waals surface area contributed by atoms with E-state index in [2.05, 4.69) is 38.1 Å². The van der Waals surface area contributed by atoms with E-state index in [1.54, 1.807) is 7.11 Å². The Morgan fingerprint density at radius 2 is 1.92 bits per heavy atom. The van der Waals surface area contributed by atoms with Gasteiger partial charge in [-0.1, -0.05) is 6.07 Å². The van der Waals surface area contributed by atoms with Crippen molar-refractivity contribution in [1.29, 1.82) is 0 Å². The maximum Gasteiger partial charge on any atom is 0.257 e. The number of halogens is 1. The normalized spacial score (nSPS) is 18.9. The Labute approximate surface area is 151 Å². The molecule has 4 rings (SSSR count). The van der Waals surface area contributed by atoms with Gasteiger partial charge in [0.15, 0.2) is 0 Å². The summed E-state index contributed by atoms with van der Waals surface area (Å²) in [6.45, 7) is 3.93. The number of methoxy groups -OCH3 is 1. The summed E-state index contributed by atoms with van der Waals surface area (Å²) in [5, 5.41) is 4.65. The third kappa shape index (κ3) is 3.26. The van der Waals surface area contributed by atoms with Gasteiger partial charge in [0.05, 0.1) is 12.6 Å². The van der Waals surface area contributed by atoms with Crippen LogP contribution in [0.15, 0.2) is 22.8 Å². The van der Waals surface area contributed by atoms with E-state index in [4.69, 9.17) is 9.47 Å². The van der Waals surface area contributed by atoms with E-state index in [0.29, 0.717) is 5.92 Å². The first-order chi connectivity index (χ1) is 11.8. The van der Waals surface area contributed by atoms with Gasteiger partial charge in [-0.25, -0.2) is 4.52 Å². The smallest absolute Gasteiger partial charge is 0.257 e. The fourth-order valence-electron chi connectivity index (χ4n) is 3.55. The number of hydrogen-bond donors (Lipinski definition) is 0. The minimum atomic E-state index is 0.685. The SMILES string of the molecule is COc1nn2c(Br)cccc2c1N(CC1CCOCC1)CC1CC1. The second-order valence-corrected chi connectivity index (χ2v) is 7.72. The Morgan fingerprint density at radius 3 is 2.58 bits per heavy atom. The van der Waals surface area contributed by atoms with Gasteiger partial charge in [0.2, 0.25) is 0 Å². The summed E-state index contributed by atoms with van der Waals surface area (Å²) in [6, 6.07) is 6.19. The molecule has 1 aliphatic heterocycles. The topological polar surface area (TPSA) is 39.0 Å². The quantitative estimate of drug-likeness (QED) is 0.700. The highest BCUT2D eigenvalue weighted by Crippen LogP contribution is 2.39. The van der Waals surface area contributed by atoms with Gasteiger partial charge in [0, 0.05) is 26.3 Å². The number of hydrogen-bond acceptors (Lipinski definition) is 4. The van der Waals surface area contributed by atoms with Gasteiger partial charge < -0.3 is 14.4 Å². The van der Waals surface area contributed by atoms with Crippen LogP contribution in [0.4, 0.5) is 5.69 Å². The monoisotopic (exact) mass is 393 g/mol. The molecule has 5 nitrogen and oxygen atoms in total. The van der Waals surface area contributed by atoms with Crippen LogP contribution in [0.1, 0.15) is 25.7 Å². The minimum absolute atomic E-state index is 0.685. The molecule has 6 heteroatoms. The van der Waals surface area contributed by atoms with Gasteiger partial charge in [-0.3, -0.25) is 0 Å². The van der Waals surface area contributed by atoms with Crippen LogP contribution in [0.3, 0.4) is 0 Å². The van der Waals surface area contributed by atoms with Gasteiger partial charge in [0.1, 0.15) is 10.3 Å². The number of anilines is 1. The Bertz CT molecular complexity index is 708. The highest BCUT2D eigenvalue weighted by molar-refractivity contribution is 9.10. The van der Waals surface area contributed by atoms with Gasteiger partial charge in [-0.05, 0) is 65.6 Å². The summed E-state index contributed by atoms with van der Waals surface area (Å²) in [4.78, 5) is 2.52. The molecule has 2 aromatic rings. The van der Waals surface area contributed by atoms with Crippen LogP contribution in [-0.4, -0.2) is 43.0 Å². The number of nitrogens with zero attached hydrogens (tertiary/aromatic N) is 3. The largest absolute Gasteiger partial charge is 0.478 e. The van der Waals surface area contributed by atoms with Gasteiger partial charge in [-0.15, -0.1) is 5.10 Å². The van der Waals surface area contributed by atoms with Gasteiger partial charge >= 0.3 is 0 Å². The fourth-order valence-corrected chi connectivity index (χ4v) is 3.97. The first-order valence-electron chi connectivity index (χ1n) is 8.80. The fraction of sp³-hybridized carbons (Fsp3) is 0.611. The van der Waals surface area contributed by atoms with Crippen LogP contribution in [0.5, 0.6) is 5.88 Å². The number of pyridine rings is 1. The van der Waals surface area contributed by atoms with Crippen molar-refractivity contribution >= 4 is 27.1 Å². The van der Waals surface area contributed by atoms with E-state index in [0.717, 1.165) is 66.8 Å². The Kier molecular flexibility index (Phi) is 4.68. The Hall–Kier alpha value is -1.27. The van der Waals surface area contributed by atoms with Crippen molar-refractivity contribution in [2.24, 2.45) is 11.8 Å². The molecule has 0 amide bonds. The number of fused-ring (bicyclic) bond motifs is 1. The molecule has 0 N–H and O–H groups in total. The molecule has 0 unspecified atom stereocenters. The van der Waals surface area contributed by atoms with Crippen LogP contribution in [0, 0.1) is 11.8 Å². The van der Waals surface area contributed by atoms with Crippen LogP contribution in [-0.2, 0) is 4.74 Å². The Balaban J connectivity index is 1.70. The van der Waals surface area contributed by atoms with Crippen LogP contribution < -0.4 is 9.64 Å². The average Bonchev–Trinajstić information content (AvgIpc) is 3.33. The predicted octanol–water partition coefficient (Wildman–Crippen LogP) is 3.75. The second kappa shape index (κ2) is 6.92. The molecule has 0 spiro atoms. The maximum absolute atomic E-state index is 5.64. The zero-order valence-corrected chi connectivity index (χ0v) is 15.7. The number of aromatic nitrogens is 2. The first kappa shape index (κ1) is 16.2. The van der Waals surface area contributed by atoms with Crippen molar-refractivity contribution in [3.8, 4) is 5.88 Å². The molecule has 130 valence electrons. The molecule has 2 aliphatic rings. The Morgan fingerprint density at radius 1 is 1.21 bits per heavy atom. The third-order valence-electron chi connectivity index (χ3n) is 5.06. The number of rotatable bonds is 6. The molecule has 0 aromatic carbocycles. The molecule has 0 atom stereocenters. The highest BCUT2D eigenvalue weighted by atomic mass is 79.9. The van der Waals surface area contributed by atoms with Crippen molar-refractivity contribution in [2.45, 2.75) is 25.7 Å². The second-order valence-electron chi connectivity index (χ2n) is 6.91. The van der Waals surface area contributed by atoms with Crippen LogP contribution in [0.2, 0.25) is 0 Å². The minimum Gasteiger partial charge on any atom is -0.478 e. The third-order valence-corrected chi connectivity index (χ3v) is 5.66. The van der Waals surface area contributed by atoms with E-state index in [1.165, 1.54) is 12.8 Å². The molecule has 2 fully saturated rings. The lowest BCUT2D eigenvalue weighted by Gasteiger charge is -2.31. The highest BCUT2D eigenvalue weighted by Gasteiger charge is 2.30. The average molecular weight is 394 g/mol. The molecule has 2 aromatic heterocycles. The molecule has 1 aliphatic carbocycles. The van der Waals surface area contributed by atoms with E-state index >= 15 is 0 Å². The predicted molar refractivity (Wildman–Crippen MR) is 97.9 cm³/mol. The summed E-state index contributed by atoms with van der Waals surface area (Å²) in [7, 11) is 1.71. The van der Waals surface area contributed by atoms with Crippen molar-refractivity contribution in [2.75, 3.05) is 38.3 Å². The molecule has 3 heterocycles. The van der Waals surface area contributed by atoms with Crippen LogP contribution in [0.25, 0.3) is 5.52 Å². The lowest BCUT2D eigenvalue weighted by molar-refractivity contribution is 0.0681. The summed E-state index contributed by atoms with van der Waals surface area (Å²) in [6.07, 6.45) is 4.98. The van der Waals surface area contributed by atoms with E-state index in [-0.39, 0.29) is 0 Å². The van der Waals surface area contributed by atoms with E-state index in [1.807, 2.05) is 10.6 Å². The molecule has 0 radical (unpaired) electrons. The van der Waals surface area contributed by atoms with E-state index in [9.17, 15) is 0 Å². The molecular weight excluding hydrogens is 370 g/mol. The standard InChI is InChI=1S/C18H24BrN3O2/c1-23-18-17(15-3-2-4-16(19)22(15)20-18)21(11-13-5-6-13)12-14-7-9-24-10-8-14/h2-4,13-14H,5-12H2,1H3. The van der Waals surface area contributed by atoms with Crippen molar-refractivity contribution in [3.63, 3.8) is 0 Å². The lowest BCUT2D eigenvalue weighted by atomic mass is 9.99. The van der Waals surface area contributed by atoms with Crippen LogP contribution >= 0.6 is 15.9 Å². The van der Waals surface area contributed by atoms with Crippen molar-refractivity contribution in [1.82, 2.24) is 9.61 Å². The van der Waals surface area contributed by atoms with Gasteiger partial charge in [0.25, 0.3) is 5.88 Å². The first-order valence-corrected chi connectivity index (χ1v) is 9.59. The molecule has 0 bridgehead atoms. The summed E-state index contributed by atoms with van der Waals surface area (Å²) in [5.41, 5.74) is 2.24. The summed E-state index contributed by atoms with van der Waals surface area (Å²) >= 11 is 3.59. The summed E-state index contributed by atoms with van der Waals surface area (Å²) in [5.74, 6) is 2.22. The molecule has 1 saturated carbocycles. The number of ether oxygens (including phenoxy) is 2.